The van der Waals surface area contributed by atoms with Crippen LogP contribution in [0.2, 0.25) is 0 Å². The third kappa shape index (κ3) is 3.15. The van der Waals surface area contributed by atoms with E-state index in [2.05, 4.69) is 40.5 Å². The van der Waals surface area contributed by atoms with Crippen molar-refractivity contribution < 1.29 is 0 Å². The molecule has 2 aromatic carbocycles. The molecule has 0 fully saturated rings. The van der Waals surface area contributed by atoms with Crippen molar-refractivity contribution in [3.63, 3.8) is 0 Å². The van der Waals surface area contributed by atoms with E-state index in [9.17, 15) is 0 Å². The molecule has 5 nitrogen and oxygen atoms in total. The summed E-state index contributed by atoms with van der Waals surface area (Å²) in [6, 6.07) is 14.1. The number of nitrogens with zero attached hydrogens (tertiary/aromatic N) is 2. The zero-order valence-electron chi connectivity index (χ0n) is 14.1. The summed E-state index contributed by atoms with van der Waals surface area (Å²) in [7, 11) is 0. The smallest absolute Gasteiger partial charge is 0.159 e. The Balaban J connectivity index is 1.91. The summed E-state index contributed by atoms with van der Waals surface area (Å²) >= 11 is 0. The number of nitrogen functional groups attached to an aromatic ring is 1. The first-order chi connectivity index (χ1) is 11.6. The Labute approximate surface area is 142 Å². The lowest BCUT2D eigenvalue weighted by atomic mass is 10.1. The van der Waals surface area contributed by atoms with Gasteiger partial charge in [-0.05, 0) is 49.6 Å². The minimum atomic E-state index is 0.488. The van der Waals surface area contributed by atoms with E-state index < -0.39 is 0 Å². The van der Waals surface area contributed by atoms with Crippen molar-refractivity contribution in [1.82, 2.24) is 9.97 Å². The highest BCUT2D eigenvalue weighted by Gasteiger charge is 2.11. The summed E-state index contributed by atoms with van der Waals surface area (Å²) in [5, 5.41) is 6.58. The molecule has 0 radical (unpaired) electrons. The zero-order chi connectivity index (χ0) is 17.1. The van der Waals surface area contributed by atoms with E-state index in [1.807, 2.05) is 43.3 Å². The van der Waals surface area contributed by atoms with Gasteiger partial charge >= 0.3 is 0 Å². The summed E-state index contributed by atoms with van der Waals surface area (Å²) in [4.78, 5) is 8.55. The number of hydrogen-bond acceptors (Lipinski definition) is 5. The summed E-state index contributed by atoms with van der Waals surface area (Å²) in [5.41, 5.74) is 12.2. The lowest BCUT2D eigenvalue weighted by molar-refractivity contribution is 1.17. The van der Waals surface area contributed by atoms with Crippen LogP contribution in [0.25, 0.3) is 0 Å². The molecule has 0 amide bonds. The second kappa shape index (κ2) is 6.58. The number of rotatable bonds is 4. The van der Waals surface area contributed by atoms with E-state index in [-0.39, 0.29) is 0 Å². The van der Waals surface area contributed by atoms with Gasteiger partial charge in [0.2, 0.25) is 0 Å². The molecule has 24 heavy (non-hydrogen) atoms. The fraction of sp³-hybridized carbons (Fsp3) is 0.158. The molecule has 3 rings (SSSR count). The van der Waals surface area contributed by atoms with Crippen molar-refractivity contribution >= 4 is 28.7 Å². The van der Waals surface area contributed by atoms with E-state index >= 15 is 0 Å². The van der Waals surface area contributed by atoms with Crippen molar-refractivity contribution in [3.05, 3.63) is 65.5 Å². The molecule has 0 unspecified atom stereocenters. The van der Waals surface area contributed by atoms with Crippen molar-refractivity contribution in [2.45, 2.75) is 20.8 Å². The number of nitrogens with two attached hydrogens (primary N) is 1. The fourth-order valence-corrected chi connectivity index (χ4v) is 2.45. The van der Waals surface area contributed by atoms with E-state index in [0.29, 0.717) is 17.3 Å². The van der Waals surface area contributed by atoms with Crippen LogP contribution in [0.1, 0.15) is 16.7 Å². The van der Waals surface area contributed by atoms with Gasteiger partial charge in [0.05, 0.1) is 0 Å². The second-order valence-electron chi connectivity index (χ2n) is 5.80. The van der Waals surface area contributed by atoms with E-state index in [1.54, 1.807) is 0 Å². The first-order valence-corrected chi connectivity index (χ1v) is 7.82. The predicted molar refractivity (Wildman–Crippen MR) is 100 cm³/mol. The number of hydrogen-bond donors (Lipinski definition) is 3. The average Bonchev–Trinajstić information content (AvgIpc) is 2.57. The molecule has 1 heterocycles. The molecular weight excluding hydrogens is 298 g/mol. The number of aryl methyl sites for hydroxylation is 2. The third-order valence-electron chi connectivity index (χ3n) is 4.14. The third-order valence-corrected chi connectivity index (χ3v) is 4.14. The maximum absolute atomic E-state index is 6.27. The van der Waals surface area contributed by atoms with E-state index in [4.69, 9.17) is 5.73 Å². The Hall–Kier alpha value is -3.08. The number of benzene rings is 2. The van der Waals surface area contributed by atoms with Crippen molar-refractivity contribution in [3.8, 4) is 0 Å². The van der Waals surface area contributed by atoms with Gasteiger partial charge in [-0.2, -0.15) is 0 Å². The molecule has 0 bridgehead atoms. The van der Waals surface area contributed by atoms with Crippen molar-refractivity contribution in [1.29, 1.82) is 0 Å². The Morgan fingerprint density at radius 2 is 1.33 bits per heavy atom. The Kier molecular flexibility index (Phi) is 4.33. The van der Waals surface area contributed by atoms with Crippen LogP contribution < -0.4 is 16.4 Å². The largest absolute Gasteiger partial charge is 0.393 e. The van der Waals surface area contributed by atoms with Crippen LogP contribution >= 0.6 is 0 Å². The monoisotopic (exact) mass is 319 g/mol. The van der Waals surface area contributed by atoms with Gasteiger partial charge in [0.15, 0.2) is 11.6 Å². The molecule has 0 aliphatic heterocycles. The minimum Gasteiger partial charge on any atom is -0.393 e. The molecular formula is C19H21N5. The minimum absolute atomic E-state index is 0.488. The first kappa shape index (κ1) is 15.8. The molecule has 0 aliphatic carbocycles. The Bertz CT molecular complexity index is 873. The highest BCUT2D eigenvalue weighted by Crippen LogP contribution is 2.30. The molecule has 0 saturated heterocycles. The highest BCUT2D eigenvalue weighted by atomic mass is 15.1. The van der Waals surface area contributed by atoms with Crippen LogP contribution in [0.3, 0.4) is 0 Å². The van der Waals surface area contributed by atoms with Crippen molar-refractivity contribution in [2.24, 2.45) is 0 Å². The number of aromatic nitrogens is 2. The van der Waals surface area contributed by atoms with Crippen LogP contribution in [0.15, 0.2) is 48.8 Å². The lowest BCUT2D eigenvalue weighted by Crippen LogP contribution is -2.06. The van der Waals surface area contributed by atoms with Crippen LogP contribution in [0.5, 0.6) is 0 Å². The van der Waals surface area contributed by atoms with Gasteiger partial charge in [-0.15, -0.1) is 0 Å². The number of nitrogens with one attached hydrogen (secondary N) is 2. The maximum Gasteiger partial charge on any atom is 0.159 e. The van der Waals surface area contributed by atoms with Crippen LogP contribution in [0, 0.1) is 20.8 Å². The van der Waals surface area contributed by atoms with Gasteiger partial charge in [0.25, 0.3) is 0 Å². The first-order valence-electron chi connectivity index (χ1n) is 7.82. The van der Waals surface area contributed by atoms with Crippen LogP contribution in [-0.2, 0) is 0 Å². The predicted octanol–water partition coefficient (Wildman–Crippen LogP) is 4.47. The SMILES string of the molecule is Cc1ccccc1Nc1ncnc(Nc2cccc(C)c2C)c1N. The molecule has 0 saturated carbocycles. The summed E-state index contributed by atoms with van der Waals surface area (Å²) < 4.78 is 0. The van der Waals surface area contributed by atoms with Gasteiger partial charge < -0.3 is 16.4 Å². The number of para-hydroxylation sites is 1. The Morgan fingerprint density at radius 3 is 2.04 bits per heavy atom. The van der Waals surface area contributed by atoms with Gasteiger partial charge in [0.1, 0.15) is 12.0 Å². The van der Waals surface area contributed by atoms with Gasteiger partial charge in [-0.1, -0.05) is 30.3 Å². The summed E-state index contributed by atoms with van der Waals surface area (Å²) in [6.07, 6.45) is 1.50. The maximum atomic E-state index is 6.27. The van der Waals surface area contributed by atoms with Crippen molar-refractivity contribution in [2.75, 3.05) is 16.4 Å². The Morgan fingerprint density at radius 1 is 0.750 bits per heavy atom. The molecule has 3 aromatic rings. The fourth-order valence-electron chi connectivity index (χ4n) is 2.45. The standard InChI is InChI=1S/C19H21N5/c1-12-8-6-10-16(14(12)3)24-19-17(20)18(21-11-22-19)23-15-9-5-4-7-13(15)2/h4-11H,20H2,1-3H3,(H2,21,22,23,24). The normalized spacial score (nSPS) is 10.5. The molecule has 5 heteroatoms. The highest BCUT2D eigenvalue weighted by molar-refractivity contribution is 5.81. The van der Waals surface area contributed by atoms with E-state index in [0.717, 1.165) is 16.9 Å². The molecule has 0 aliphatic rings. The average molecular weight is 319 g/mol. The molecule has 1 aromatic heterocycles. The summed E-state index contributed by atoms with van der Waals surface area (Å²) in [5.74, 6) is 1.18. The summed E-state index contributed by atoms with van der Waals surface area (Å²) in [6.45, 7) is 6.19. The topological polar surface area (TPSA) is 75.9 Å². The van der Waals surface area contributed by atoms with Gasteiger partial charge in [0, 0.05) is 11.4 Å². The zero-order valence-corrected chi connectivity index (χ0v) is 14.1. The molecule has 122 valence electrons. The van der Waals surface area contributed by atoms with Gasteiger partial charge in [-0.3, -0.25) is 0 Å². The quantitative estimate of drug-likeness (QED) is 0.661. The molecule has 4 N–H and O–H groups in total. The second-order valence-corrected chi connectivity index (χ2v) is 5.80. The molecule has 0 spiro atoms. The lowest BCUT2D eigenvalue weighted by Gasteiger charge is -2.15. The molecule has 0 atom stereocenters. The van der Waals surface area contributed by atoms with Crippen LogP contribution in [0.4, 0.5) is 28.7 Å². The number of anilines is 5. The van der Waals surface area contributed by atoms with Gasteiger partial charge in [-0.25, -0.2) is 9.97 Å². The van der Waals surface area contributed by atoms with E-state index in [1.165, 1.54) is 17.5 Å². The van der Waals surface area contributed by atoms with Crippen LogP contribution in [-0.4, -0.2) is 9.97 Å².